The van der Waals surface area contributed by atoms with E-state index in [1.165, 1.54) is 19.3 Å². The topological polar surface area (TPSA) is 73.0 Å². The molecular formula is C25H38N4O3. The Kier molecular flexibility index (Phi) is 8.67. The molecule has 7 heteroatoms. The third-order valence-electron chi connectivity index (χ3n) is 6.20. The predicted octanol–water partition coefficient (Wildman–Crippen LogP) is 3.03. The Morgan fingerprint density at radius 2 is 1.72 bits per heavy atom. The maximum atomic E-state index is 13.1. The Morgan fingerprint density at radius 1 is 1.00 bits per heavy atom. The van der Waals surface area contributed by atoms with Gasteiger partial charge in [-0.15, -0.1) is 0 Å². The van der Waals surface area contributed by atoms with Gasteiger partial charge < -0.3 is 15.1 Å². The molecule has 0 aliphatic carbocycles. The van der Waals surface area contributed by atoms with Crippen molar-refractivity contribution in [3.8, 4) is 0 Å². The normalized spacial score (nSPS) is 19.1. The van der Waals surface area contributed by atoms with Crippen LogP contribution < -0.4 is 10.2 Å². The third-order valence-corrected chi connectivity index (χ3v) is 6.20. The number of amides is 3. The van der Waals surface area contributed by atoms with E-state index in [0.717, 1.165) is 37.2 Å². The second kappa shape index (κ2) is 11.5. The molecular weight excluding hydrogens is 404 g/mol. The number of carbonyl (C=O) groups is 3. The molecule has 1 saturated heterocycles. The minimum Gasteiger partial charge on any atom is -0.353 e. The van der Waals surface area contributed by atoms with Crippen molar-refractivity contribution < 1.29 is 14.4 Å². The number of hydrogen-bond donors (Lipinski definition) is 1. The Morgan fingerprint density at radius 3 is 2.41 bits per heavy atom. The third kappa shape index (κ3) is 6.55. The summed E-state index contributed by atoms with van der Waals surface area (Å²) < 4.78 is 0. The van der Waals surface area contributed by atoms with Gasteiger partial charge in [-0.1, -0.05) is 33.1 Å². The number of rotatable bonds is 3. The summed E-state index contributed by atoms with van der Waals surface area (Å²) in [7, 11) is 0. The van der Waals surface area contributed by atoms with Crippen molar-refractivity contribution in [2.75, 3.05) is 44.2 Å². The zero-order valence-corrected chi connectivity index (χ0v) is 19.9. The van der Waals surface area contributed by atoms with Gasteiger partial charge in [-0.3, -0.25) is 19.3 Å². The first-order chi connectivity index (χ1) is 15.3. The summed E-state index contributed by atoms with van der Waals surface area (Å²) in [5, 5.41) is 2.77. The highest BCUT2D eigenvalue weighted by molar-refractivity contribution is 5.98. The van der Waals surface area contributed by atoms with E-state index in [9.17, 15) is 14.4 Å². The number of fused-ring (bicyclic) bond motifs is 1. The monoisotopic (exact) mass is 442 g/mol. The summed E-state index contributed by atoms with van der Waals surface area (Å²) in [6.07, 6.45) is 5.68. The Bertz CT molecular complexity index is 823. The quantitative estimate of drug-likeness (QED) is 0.781. The van der Waals surface area contributed by atoms with Crippen molar-refractivity contribution in [3.05, 3.63) is 29.3 Å². The number of benzene rings is 1. The van der Waals surface area contributed by atoms with Crippen LogP contribution in [0.3, 0.4) is 0 Å². The Labute approximate surface area is 192 Å². The van der Waals surface area contributed by atoms with Crippen LogP contribution in [0.4, 0.5) is 5.69 Å². The van der Waals surface area contributed by atoms with Crippen molar-refractivity contribution in [3.63, 3.8) is 0 Å². The molecule has 3 rings (SSSR count). The molecule has 2 aliphatic rings. The van der Waals surface area contributed by atoms with Gasteiger partial charge >= 0.3 is 0 Å². The summed E-state index contributed by atoms with van der Waals surface area (Å²) in [5.41, 5.74) is 2.49. The van der Waals surface area contributed by atoms with Gasteiger partial charge in [0.05, 0.1) is 6.54 Å². The van der Waals surface area contributed by atoms with Crippen LogP contribution in [0, 0.1) is 5.92 Å². The van der Waals surface area contributed by atoms with E-state index >= 15 is 0 Å². The van der Waals surface area contributed by atoms with E-state index in [4.69, 9.17) is 0 Å². The summed E-state index contributed by atoms with van der Waals surface area (Å²) in [6, 6.07) is 5.68. The summed E-state index contributed by atoms with van der Waals surface area (Å²) in [6.45, 7) is 10.6. The van der Waals surface area contributed by atoms with Gasteiger partial charge in [-0.2, -0.15) is 0 Å². The molecule has 1 N–H and O–H groups in total. The number of nitrogens with one attached hydrogen (secondary N) is 1. The van der Waals surface area contributed by atoms with Crippen LogP contribution >= 0.6 is 0 Å². The van der Waals surface area contributed by atoms with Gasteiger partial charge in [0.1, 0.15) is 0 Å². The van der Waals surface area contributed by atoms with Crippen LogP contribution in [0.2, 0.25) is 0 Å². The average molecular weight is 443 g/mol. The summed E-state index contributed by atoms with van der Waals surface area (Å²) in [5.74, 6) is 0.317. The molecule has 176 valence electrons. The maximum Gasteiger partial charge on any atom is 0.254 e. The number of anilines is 1. The van der Waals surface area contributed by atoms with Gasteiger partial charge in [0.2, 0.25) is 11.8 Å². The second-order valence-corrected chi connectivity index (χ2v) is 9.49. The number of hydrogen-bond acceptors (Lipinski definition) is 4. The highest BCUT2D eigenvalue weighted by Crippen LogP contribution is 2.27. The van der Waals surface area contributed by atoms with E-state index in [2.05, 4.69) is 24.1 Å². The standard InChI is InChI=1S/C25H38N4O3/c1-19(2)16-27-12-7-5-4-6-8-13-29(20(3)30)23-10-9-21(15-22(23)17-27)25(32)28-14-11-26-24(31)18-28/h9-10,15,19H,4-8,11-14,16-18H2,1-3H3,(H,26,31). The number of piperazine rings is 1. The maximum absolute atomic E-state index is 13.1. The van der Waals surface area contributed by atoms with Crippen molar-refractivity contribution >= 4 is 23.4 Å². The van der Waals surface area contributed by atoms with Crippen LogP contribution in [0.25, 0.3) is 0 Å². The smallest absolute Gasteiger partial charge is 0.254 e. The lowest BCUT2D eigenvalue weighted by atomic mass is 10.0. The van der Waals surface area contributed by atoms with Crippen LogP contribution in [-0.2, 0) is 16.1 Å². The highest BCUT2D eigenvalue weighted by Gasteiger charge is 2.25. The highest BCUT2D eigenvalue weighted by atomic mass is 16.2. The molecule has 0 aromatic heterocycles. The largest absolute Gasteiger partial charge is 0.353 e. The fourth-order valence-corrected chi connectivity index (χ4v) is 4.68. The fraction of sp³-hybridized carbons (Fsp3) is 0.640. The Hall–Kier alpha value is -2.41. The second-order valence-electron chi connectivity index (χ2n) is 9.49. The molecule has 2 heterocycles. The van der Waals surface area contributed by atoms with E-state index in [1.807, 2.05) is 23.1 Å². The molecule has 1 aromatic rings. The van der Waals surface area contributed by atoms with Crippen molar-refractivity contribution in [1.29, 1.82) is 0 Å². The molecule has 0 radical (unpaired) electrons. The van der Waals surface area contributed by atoms with Gasteiger partial charge in [0, 0.05) is 50.9 Å². The van der Waals surface area contributed by atoms with Crippen molar-refractivity contribution in [2.45, 2.75) is 59.4 Å². The number of nitrogens with zero attached hydrogens (tertiary/aromatic N) is 3. The minimum absolute atomic E-state index is 0.0329. The molecule has 0 spiro atoms. The van der Waals surface area contributed by atoms with E-state index in [0.29, 0.717) is 37.7 Å². The number of carbonyl (C=O) groups excluding carboxylic acids is 3. The predicted molar refractivity (Wildman–Crippen MR) is 127 cm³/mol. The van der Waals surface area contributed by atoms with Crippen LogP contribution in [0.1, 0.15) is 68.8 Å². The van der Waals surface area contributed by atoms with E-state index < -0.39 is 0 Å². The molecule has 0 unspecified atom stereocenters. The van der Waals surface area contributed by atoms with E-state index in [1.54, 1.807) is 11.8 Å². The molecule has 7 nitrogen and oxygen atoms in total. The fourth-order valence-electron chi connectivity index (χ4n) is 4.68. The van der Waals surface area contributed by atoms with Crippen LogP contribution in [0.15, 0.2) is 18.2 Å². The van der Waals surface area contributed by atoms with Crippen molar-refractivity contribution in [2.24, 2.45) is 5.92 Å². The zero-order valence-electron chi connectivity index (χ0n) is 19.9. The molecule has 3 amide bonds. The summed E-state index contributed by atoms with van der Waals surface area (Å²) >= 11 is 0. The molecule has 0 saturated carbocycles. The van der Waals surface area contributed by atoms with E-state index in [-0.39, 0.29) is 24.3 Å². The lowest BCUT2D eigenvalue weighted by Crippen LogP contribution is -2.50. The Balaban J connectivity index is 1.95. The zero-order chi connectivity index (χ0) is 23.1. The first-order valence-corrected chi connectivity index (χ1v) is 12.0. The first-order valence-electron chi connectivity index (χ1n) is 12.0. The first kappa shape index (κ1) is 24.2. The molecule has 1 fully saturated rings. The van der Waals surface area contributed by atoms with Crippen LogP contribution in [-0.4, -0.2) is 66.8 Å². The van der Waals surface area contributed by atoms with Crippen molar-refractivity contribution in [1.82, 2.24) is 15.1 Å². The SMILES string of the molecule is CC(=O)N1CCCCCCCN(CC(C)C)Cc2cc(C(=O)N3CCNC(=O)C3)ccc21. The lowest BCUT2D eigenvalue weighted by Gasteiger charge is -2.31. The lowest BCUT2D eigenvalue weighted by molar-refractivity contribution is -0.123. The molecule has 0 atom stereocenters. The summed E-state index contributed by atoms with van der Waals surface area (Å²) in [4.78, 5) is 43.4. The molecule has 1 aromatic carbocycles. The van der Waals surface area contributed by atoms with Crippen LogP contribution in [0.5, 0.6) is 0 Å². The van der Waals surface area contributed by atoms with Gasteiger partial charge in [-0.05, 0) is 49.1 Å². The minimum atomic E-state index is -0.126. The van der Waals surface area contributed by atoms with Gasteiger partial charge in [0.25, 0.3) is 5.91 Å². The van der Waals surface area contributed by atoms with Gasteiger partial charge in [-0.25, -0.2) is 0 Å². The average Bonchev–Trinajstić information content (AvgIpc) is 2.73. The van der Waals surface area contributed by atoms with Gasteiger partial charge in [0.15, 0.2) is 0 Å². The molecule has 0 bridgehead atoms. The molecule has 32 heavy (non-hydrogen) atoms. The molecule has 2 aliphatic heterocycles.